The van der Waals surface area contributed by atoms with Crippen molar-refractivity contribution >= 4 is 11.9 Å². The van der Waals surface area contributed by atoms with Crippen LogP contribution in [0.5, 0.6) is 0 Å². The lowest BCUT2D eigenvalue weighted by Crippen LogP contribution is -2.62. The molecule has 0 aromatic carbocycles. The highest BCUT2D eigenvalue weighted by molar-refractivity contribution is 5.87. The maximum atomic E-state index is 12.6. The van der Waals surface area contributed by atoms with Gasteiger partial charge in [-0.15, -0.1) is 0 Å². The maximum Gasteiger partial charge on any atom is 0.374 e. The molecule has 0 heterocycles. The number of esters is 2. The smallest absolute Gasteiger partial charge is 0.374 e. The van der Waals surface area contributed by atoms with Crippen molar-refractivity contribution in [2.45, 2.75) is 63.1 Å². The molecule has 0 aromatic heterocycles. The molecular weight excluding hydrogens is 294 g/mol. The number of ether oxygens (including phenoxy) is 2. The standard InChI is InChI=1S/C16H20F2O4/c1-9(2)13(19)21-15-4-10-3-11(5-15)7-16(6-10,8-15)22-14(20)12(17)18/h10-12H,1,3-8H2,2H3. The molecular formula is C16H20F2O4. The molecule has 0 spiro atoms. The molecule has 0 saturated heterocycles. The van der Waals surface area contributed by atoms with E-state index in [1.807, 2.05) is 0 Å². The molecule has 4 aliphatic rings. The van der Waals surface area contributed by atoms with Crippen LogP contribution in [-0.4, -0.2) is 29.6 Å². The van der Waals surface area contributed by atoms with Crippen LogP contribution in [0, 0.1) is 11.8 Å². The summed E-state index contributed by atoms with van der Waals surface area (Å²) in [5.74, 6) is -1.42. The summed E-state index contributed by atoms with van der Waals surface area (Å²) in [5.41, 5.74) is -1.27. The lowest BCUT2D eigenvalue weighted by Gasteiger charge is -2.60. The lowest BCUT2D eigenvalue weighted by molar-refractivity contribution is -0.234. The zero-order valence-corrected chi connectivity index (χ0v) is 12.6. The first-order chi connectivity index (χ1) is 10.2. The molecule has 0 aromatic rings. The van der Waals surface area contributed by atoms with Crippen molar-refractivity contribution in [3.63, 3.8) is 0 Å². The van der Waals surface area contributed by atoms with Crippen LogP contribution in [0.1, 0.15) is 45.4 Å². The average molecular weight is 314 g/mol. The van der Waals surface area contributed by atoms with E-state index in [0.717, 1.165) is 19.3 Å². The fraction of sp³-hybridized carbons (Fsp3) is 0.750. The molecule has 0 aliphatic heterocycles. The van der Waals surface area contributed by atoms with E-state index in [-0.39, 0.29) is 11.8 Å². The second kappa shape index (κ2) is 5.03. The largest absolute Gasteiger partial charge is 0.456 e. The summed E-state index contributed by atoms with van der Waals surface area (Å²) in [5, 5.41) is 0. The predicted molar refractivity (Wildman–Crippen MR) is 73.1 cm³/mol. The summed E-state index contributed by atoms with van der Waals surface area (Å²) >= 11 is 0. The molecule has 6 heteroatoms. The third-order valence-corrected chi connectivity index (χ3v) is 5.11. The highest BCUT2D eigenvalue weighted by Gasteiger charge is 2.61. The van der Waals surface area contributed by atoms with E-state index in [9.17, 15) is 18.4 Å². The Bertz CT molecular complexity index is 514. The van der Waals surface area contributed by atoms with Gasteiger partial charge in [-0.1, -0.05) is 6.58 Å². The molecule has 122 valence electrons. The molecule has 4 aliphatic carbocycles. The van der Waals surface area contributed by atoms with Gasteiger partial charge in [0.2, 0.25) is 0 Å². The van der Waals surface area contributed by atoms with E-state index in [1.54, 1.807) is 6.92 Å². The normalized spacial score (nSPS) is 38.9. The molecule has 4 rings (SSSR count). The van der Waals surface area contributed by atoms with Crippen molar-refractivity contribution in [1.29, 1.82) is 0 Å². The van der Waals surface area contributed by atoms with Gasteiger partial charge in [0.05, 0.1) is 0 Å². The molecule has 4 saturated carbocycles. The fourth-order valence-electron chi connectivity index (χ4n) is 4.88. The van der Waals surface area contributed by atoms with Crippen LogP contribution in [-0.2, 0) is 19.1 Å². The van der Waals surface area contributed by atoms with Gasteiger partial charge in [-0.25, -0.2) is 9.59 Å². The molecule has 2 atom stereocenters. The predicted octanol–water partition coefficient (Wildman–Crippen LogP) is 3.01. The Kier molecular flexibility index (Phi) is 3.53. The summed E-state index contributed by atoms with van der Waals surface area (Å²) in [6.45, 7) is 5.16. The Morgan fingerprint density at radius 2 is 1.59 bits per heavy atom. The summed E-state index contributed by atoms with van der Waals surface area (Å²) in [4.78, 5) is 23.3. The van der Waals surface area contributed by atoms with Crippen LogP contribution in [0.3, 0.4) is 0 Å². The van der Waals surface area contributed by atoms with Gasteiger partial charge >= 0.3 is 18.4 Å². The number of carbonyl (C=O) groups is 2. The van der Waals surface area contributed by atoms with Gasteiger partial charge in [-0.2, -0.15) is 8.78 Å². The van der Waals surface area contributed by atoms with Crippen molar-refractivity contribution in [2.24, 2.45) is 11.8 Å². The Balaban J connectivity index is 1.82. The summed E-state index contributed by atoms with van der Waals surface area (Å²) < 4.78 is 35.9. The maximum absolute atomic E-state index is 12.6. The molecule has 0 radical (unpaired) electrons. The van der Waals surface area contributed by atoms with E-state index < -0.39 is 29.6 Å². The number of hydrogen-bond acceptors (Lipinski definition) is 4. The quantitative estimate of drug-likeness (QED) is 0.591. The number of carbonyl (C=O) groups excluding carboxylic acids is 2. The third kappa shape index (κ3) is 2.63. The second-order valence-corrected chi connectivity index (χ2v) is 7.22. The van der Waals surface area contributed by atoms with Crippen molar-refractivity contribution in [3.8, 4) is 0 Å². The third-order valence-electron chi connectivity index (χ3n) is 5.11. The average Bonchev–Trinajstić information content (AvgIpc) is 2.35. The molecule has 22 heavy (non-hydrogen) atoms. The van der Waals surface area contributed by atoms with Gasteiger partial charge in [0.15, 0.2) is 0 Å². The minimum atomic E-state index is -3.12. The molecule has 4 nitrogen and oxygen atoms in total. The highest BCUT2D eigenvalue weighted by atomic mass is 19.3. The SMILES string of the molecule is C=C(C)C(=O)OC12CC3CC(C1)CC(OC(=O)C(F)F)(C3)C2. The van der Waals surface area contributed by atoms with Crippen LogP contribution in [0.25, 0.3) is 0 Å². The Labute approximate surface area is 127 Å². The molecule has 0 amide bonds. The van der Waals surface area contributed by atoms with E-state index in [0.29, 0.717) is 24.8 Å². The number of halogens is 2. The van der Waals surface area contributed by atoms with Gasteiger partial charge in [-0.05, 0) is 50.9 Å². The Morgan fingerprint density at radius 3 is 2.05 bits per heavy atom. The van der Waals surface area contributed by atoms with E-state index in [2.05, 4.69) is 6.58 Å². The van der Waals surface area contributed by atoms with Crippen molar-refractivity contribution < 1.29 is 27.8 Å². The lowest BCUT2D eigenvalue weighted by atomic mass is 9.52. The van der Waals surface area contributed by atoms with Gasteiger partial charge in [0.25, 0.3) is 0 Å². The van der Waals surface area contributed by atoms with Crippen molar-refractivity contribution in [2.75, 3.05) is 0 Å². The first kappa shape index (κ1) is 15.4. The van der Waals surface area contributed by atoms with E-state index in [4.69, 9.17) is 9.47 Å². The molecule has 0 N–H and O–H groups in total. The van der Waals surface area contributed by atoms with Crippen molar-refractivity contribution in [3.05, 3.63) is 12.2 Å². The summed E-state index contributed by atoms with van der Waals surface area (Å²) in [7, 11) is 0. The van der Waals surface area contributed by atoms with Crippen molar-refractivity contribution in [1.82, 2.24) is 0 Å². The summed E-state index contributed by atoms with van der Waals surface area (Å²) in [6.07, 6.45) is 0.808. The van der Waals surface area contributed by atoms with Crippen LogP contribution >= 0.6 is 0 Å². The van der Waals surface area contributed by atoms with Gasteiger partial charge in [0, 0.05) is 12.0 Å². The minimum absolute atomic E-state index is 0.254. The first-order valence-corrected chi connectivity index (χ1v) is 7.62. The second-order valence-electron chi connectivity index (χ2n) is 7.22. The number of rotatable bonds is 4. The number of alkyl halides is 2. The van der Waals surface area contributed by atoms with E-state index >= 15 is 0 Å². The molecule has 4 bridgehead atoms. The fourth-order valence-corrected chi connectivity index (χ4v) is 4.88. The molecule has 4 fully saturated rings. The Morgan fingerprint density at radius 1 is 1.09 bits per heavy atom. The first-order valence-electron chi connectivity index (χ1n) is 7.62. The van der Waals surface area contributed by atoms with E-state index in [1.165, 1.54) is 0 Å². The van der Waals surface area contributed by atoms with Gasteiger partial charge in [0.1, 0.15) is 11.2 Å². The van der Waals surface area contributed by atoms with Gasteiger partial charge in [-0.3, -0.25) is 0 Å². The van der Waals surface area contributed by atoms with Crippen LogP contribution < -0.4 is 0 Å². The zero-order chi connectivity index (χ0) is 16.1. The zero-order valence-electron chi connectivity index (χ0n) is 12.6. The molecule has 2 unspecified atom stereocenters. The van der Waals surface area contributed by atoms with Crippen LogP contribution in [0.4, 0.5) is 8.78 Å². The van der Waals surface area contributed by atoms with Crippen LogP contribution in [0.2, 0.25) is 0 Å². The Hall–Kier alpha value is -1.46. The summed E-state index contributed by atoms with van der Waals surface area (Å²) in [6, 6.07) is 0. The van der Waals surface area contributed by atoms with Crippen LogP contribution in [0.15, 0.2) is 12.2 Å². The number of hydrogen-bond donors (Lipinski definition) is 0. The minimum Gasteiger partial charge on any atom is -0.456 e. The highest BCUT2D eigenvalue weighted by Crippen LogP contribution is 2.60. The monoisotopic (exact) mass is 314 g/mol. The topological polar surface area (TPSA) is 52.6 Å². The van der Waals surface area contributed by atoms with Gasteiger partial charge < -0.3 is 9.47 Å².